The van der Waals surface area contributed by atoms with Crippen LogP contribution in [0.15, 0.2) is 28.7 Å². The highest BCUT2D eigenvalue weighted by Crippen LogP contribution is 2.40. The maximum Gasteiger partial charge on any atom is 0.134 e. The van der Waals surface area contributed by atoms with E-state index in [1.165, 1.54) is 10.9 Å². The fourth-order valence-corrected chi connectivity index (χ4v) is 2.20. The average Bonchev–Trinajstić information content (AvgIpc) is 2.94. The van der Waals surface area contributed by atoms with Gasteiger partial charge >= 0.3 is 0 Å². The van der Waals surface area contributed by atoms with Crippen molar-refractivity contribution in [1.29, 1.82) is 0 Å². The molecule has 0 aliphatic heterocycles. The van der Waals surface area contributed by atoms with E-state index in [0.717, 1.165) is 37.0 Å². The highest BCUT2D eigenvalue weighted by molar-refractivity contribution is 5.81. The van der Waals surface area contributed by atoms with E-state index >= 15 is 0 Å². The summed E-state index contributed by atoms with van der Waals surface area (Å²) in [7, 11) is 0. The molecule has 1 N–H and O–H groups in total. The molecule has 1 saturated carbocycles. The van der Waals surface area contributed by atoms with Crippen LogP contribution in [-0.4, -0.2) is 10.7 Å². The van der Waals surface area contributed by atoms with Gasteiger partial charge in [0.2, 0.25) is 0 Å². The molecule has 1 aliphatic rings. The van der Waals surface area contributed by atoms with Crippen LogP contribution in [0.4, 0.5) is 0 Å². The lowest BCUT2D eigenvalue weighted by Crippen LogP contribution is -2.07. The molecule has 0 saturated heterocycles. The van der Waals surface area contributed by atoms with Crippen LogP contribution in [0.3, 0.4) is 0 Å². The molecular formula is C14H16O2. The molecule has 0 amide bonds. The van der Waals surface area contributed by atoms with Gasteiger partial charge in [0.15, 0.2) is 0 Å². The van der Waals surface area contributed by atoms with Crippen LogP contribution in [0.25, 0.3) is 11.0 Å². The van der Waals surface area contributed by atoms with Gasteiger partial charge in [-0.05, 0) is 37.8 Å². The fraction of sp³-hybridized carbons (Fsp3) is 0.429. The molecule has 2 aromatic rings. The van der Waals surface area contributed by atoms with Crippen LogP contribution in [0.2, 0.25) is 0 Å². The van der Waals surface area contributed by atoms with Crippen molar-refractivity contribution in [3.05, 3.63) is 35.6 Å². The Morgan fingerprint density at radius 2 is 2.06 bits per heavy atom. The van der Waals surface area contributed by atoms with Crippen LogP contribution in [0.1, 0.15) is 30.6 Å². The van der Waals surface area contributed by atoms with Crippen LogP contribution >= 0.6 is 0 Å². The summed E-state index contributed by atoms with van der Waals surface area (Å²) in [6.45, 7) is 2.10. The van der Waals surface area contributed by atoms with Gasteiger partial charge in [0.05, 0.1) is 5.60 Å². The molecule has 84 valence electrons. The molecule has 0 radical (unpaired) electrons. The van der Waals surface area contributed by atoms with Gasteiger partial charge in [-0.25, -0.2) is 0 Å². The fourth-order valence-electron chi connectivity index (χ4n) is 2.20. The number of fused-ring (bicyclic) bond motifs is 1. The van der Waals surface area contributed by atoms with Gasteiger partial charge < -0.3 is 9.52 Å². The molecule has 1 fully saturated rings. The lowest BCUT2D eigenvalue weighted by atomic mass is 10.1. The minimum atomic E-state index is -0.384. The number of hydrogen-bond acceptors (Lipinski definition) is 2. The second kappa shape index (κ2) is 3.36. The Morgan fingerprint density at radius 1 is 1.31 bits per heavy atom. The first kappa shape index (κ1) is 9.91. The first-order chi connectivity index (χ1) is 7.68. The Kier molecular flexibility index (Phi) is 2.08. The van der Waals surface area contributed by atoms with Crippen LogP contribution in [0.5, 0.6) is 0 Å². The predicted molar refractivity (Wildman–Crippen MR) is 63.5 cm³/mol. The SMILES string of the molecule is Cc1c(CCC2(O)CC2)oc2ccccc12. The summed E-state index contributed by atoms with van der Waals surface area (Å²) in [5.41, 5.74) is 1.79. The zero-order chi connectivity index (χ0) is 11.2. The van der Waals surface area contributed by atoms with Crippen molar-refractivity contribution in [3.8, 4) is 0 Å². The molecule has 0 spiro atoms. The lowest BCUT2D eigenvalue weighted by Gasteiger charge is -2.05. The van der Waals surface area contributed by atoms with Gasteiger partial charge in [-0.3, -0.25) is 0 Å². The van der Waals surface area contributed by atoms with Crippen molar-refractivity contribution in [3.63, 3.8) is 0 Å². The third kappa shape index (κ3) is 1.63. The standard InChI is InChI=1S/C14H16O2/c1-10-11-4-2-3-5-13(11)16-12(10)6-7-14(15)8-9-14/h2-5,15H,6-9H2,1H3. The topological polar surface area (TPSA) is 33.4 Å². The van der Waals surface area contributed by atoms with E-state index < -0.39 is 0 Å². The summed E-state index contributed by atoms with van der Waals surface area (Å²) in [5, 5.41) is 11.0. The summed E-state index contributed by atoms with van der Waals surface area (Å²) in [6, 6.07) is 8.10. The van der Waals surface area contributed by atoms with Crippen molar-refractivity contribution in [1.82, 2.24) is 0 Å². The second-order valence-electron chi connectivity index (χ2n) is 4.87. The Bertz CT molecular complexity index is 521. The quantitative estimate of drug-likeness (QED) is 0.854. The Morgan fingerprint density at radius 3 is 2.75 bits per heavy atom. The summed E-state index contributed by atoms with van der Waals surface area (Å²) in [5.74, 6) is 1.03. The van der Waals surface area contributed by atoms with Crippen LogP contribution in [-0.2, 0) is 6.42 Å². The number of benzene rings is 1. The number of para-hydroxylation sites is 1. The van der Waals surface area contributed by atoms with Crippen molar-refractivity contribution < 1.29 is 9.52 Å². The number of rotatable bonds is 3. The van der Waals surface area contributed by atoms with Gasteiger partial charge in [-0.1, -0.05) is 18.2 Å². The number of furan rings is 1. The summed E-state index contributed by atoms with van der Waals surface area (Å²) in [4.78, 5) is 0. The maximum absolute atomic E-state index is 9.81. The van der Waals surface area contributed by atoms with Crippen LogP contribution in [0, 0.1) is 6.92 Å². The molecule has 2 nitrogen and oxygen atoms in total. The molecule has 1 aromatic heterocycles. The van der Waals surface area contributed by atoms with E-state index in [0.29, 0.717) is 0 Å². The smallest absolute Gasteiger partial charge is 0.134 e. The third-order valence-corrected chi connectivity index (χ3v) is 3.59. The summed E-state index contributed by atoms with van der Waals surface area (Å²) in [6.07, 6.45) is 3.57. The zero-order valence-electron chi connectivity index (χ0n) is 9.49. The number of hydrogen-bond donors (Lipinski definition) is 1. The van der Waals surface area contributed by atoms with Gasteiger partial charge in [0, 0.05) is 11.8 Å². The highest BCUT2D eigenvalue weighted by atomic mass is 16.3. The number of aliphatic hydroxyl groups is 1. The van der Waals surface area contributed by atoms with Gasteiger partial charge in [0.1, 0.15) is 11.3 Å². The molecule has 2 heteroatoms. The minimum Gasteiger partial charge on any atom is -0.461 e. The predicted octanol–water partition coefficient (Wildman–Crippen LogP) is 3.20. The molecule has 0 atom stereocenters. The number of aryl methyl sites for hydroxylation is 2. The van der Waals surface area contributed by atoms with E-state index in [1.54, 1.807) is 0 Å². The van der Waals surface area contributed by atoms with Crippen molar-refractivity contribution in [2.24, 2.45) is 0 Å². The van der Waals surface area contributed by atoms with E-state index in [9.17, 15) is 5.11 Å². The Hall–Kier alpha value is -1.28. The van der Waals surface area contributed by atoms with Gasteiger partial charge in [0.25, 0.3) is 0 Å². The van der Waals surface area contributed by atoms with E-state index in [-0.39, 0.29) is 5.60 Å². The normalized spacial score (nSPS) is 17.9. The van der Waals surface area contributed by atoms with Crippen molar-refractivity contribution >= 4 is 11.0 Å². The lowest BCUT2D eigenvalue weighted by molar-refractivity contribution is 0.138. The monoisotopic (exact) mass is 216 g/mol. The Labute approximate surface area is 94.9 Å². The van der Waals surface area contributed by atoms with Gasteiger partial charge in [-0.15, -0.1) is 0 Å². The second-order valence-corrected chi connectivity index (χ2v) is 4.87. The largest absolute Gasteiger partial charge is 0.461 e. The summed E-state index contributed by atoms with van der Waals surface area (Å²) < 4.78 is 5.81. The third-order valence-electron chi connectivity index (χ3n) is 3.59. The van der Waals surface area contributed by atoms with Gasteiger partial charge in [-0.2, -0.15) is 0 Å². The highest BCUT2D eigenvalue weighted by Gasteiger charge is 2.39. The molecule has 0 bridgehead atoms. The molecule has 1 aromatic carbocycles. The molecule has 0 unspecified atom stereocenters. The van der Waals surface area contributed by atoms with Crippen LogP contribution < -0.4 is 0 Å². The van der Waals surface area contributed by atoms with Crippen molar-refractivity contribution in [2.45, 2.75) is 38.2 Å². The van der Waals surface area contributed by atoms with E-state index in [2.05, 4.69) is 13.0 Å². The molecule has 1 aliphatic carbocycles. The molecule has 1 heterocycles. The maximum atomic E-state index is 9.81. The zero-order valence-corrected chi connectivity index (χ0v) is 9.49. The average molecular weight is 216 g/mol. The van der Waals surface area contributed by atoms with E-state index in [4.69, 9.17) is 4.42 Å². The molecular weight excluding hydrogens is 200 g/mol. The Balaban J connectivity index is 1.88. The van der Waals surface area contributed by atoms with E-state index in [1.807, 2.05) is 18.2 Å². The van der Waals surface area contributed by atoms with Crippen molar-refractivity contribution in [2.75, 3.05) is 0 Å². The minimum absolute atomic E-state index is 0.384. The molecule has 3 rings (SSSR count). The first-order valence-electron chi connectivity index (χ1n) is 5.87. The molecule has 16 heavy (non-hydrogen) atoms. The summed E-state index contributed by atoms with van der Waals surface area (Å²) >= 11 is 0. The first-order valence-corrected chi connectivity index (χ1v) is 5.87.